The van der Waals surface area contributed by atoms with Gasteiger partial charge in [0.25, 0.3) is 0 Å². The van der Waals surface area contributed by atoms with Crippen LogP contribution >= 0.6 is 0 Å². The molecule has 0 fully saturated rings. The number of hydrogen-bond donors (Lipinski definition) is 3. The molecule has 0 aromatic rings. The van der Waals surface area contributed by atoms with E-state index in [2.05, 4.69) is 6.92 Å². The Balaban J connectivity index is 3.29. The van der Waals surface area contributed by atoms with Crippen molar-refractivity contribution < 1.29 is 20.1 Å². The fourth-order valence-corrected chi connectivity index (χ4v) is 4.43. The van der Waals surface area contributed by atoms with E-state index in [-0.39, 0.29) is 12.2 Å². The molecule has 192 valence electrons. The molecule has 0 radical (unpaired) electrons. The molecule has 0 aliphatic rings. The molecule has 0 rings (SSSR count). The molecule has 0 aliphatic carbocycles. The molecule has 32 heavy (non-hydrogen) atoms. The Hall–Kier alpha value is -0.610. The monoisotopic (exact) mass is 456 g/mol. The van der Waals surface area contributed by atoms with Crippen molar-refractivity contribution in [1.29, 1.82) is 0 Å². The second-order valence-corrected chi connectivity index (χ2v) is 9.97. The van der Waals surface area contributed by atoms with Crippen LogP contribution in [-0.2, 0) is 4.79 Å². The van der Waals surface area contributed by atoms with Gasteiger partial charge in [-0.1, -0.05) is 122 Å². The number of carboxylic acid groups (broad SMARTS) is 1. The summed E-state index contributed by atoms with van der Waals surface area (Å²) in [5, 5.41) is 28.9. The highest BCUT2D eigenvalue weighted by Crippen LogP contribution is 2.16. The summed E-state index contributed by atoms with van der Waals surface area (Å²) in [5.74, 6) is -0.680. The molecular formula is C28H56O4. The third-order valence-corrected chi connectivity index (χ3v) is 6.65. The molecule has 2 unspecified atom stereocenters. The van der Waals surface area contributed by atoms with Crippen LogP contribution in [0.2, 0.25) is 0 Å². The van der Waals surface area contributed by atoms with Gasteiger partial charge >= 0.3 is 5.97 Å². The average Bonchev–Trinajstić information content (AvgIpc) is 2.77. The Kier molecular flexibility index (Phi) is 24.5. The maximum absolute atomic E-state index is 10.4. The molecule has 0 bridgehead atoms. The molecule has 0 heterocycles. The van der Waals surface area contributed by atoms with Crippen LogP contribution in [0.4, 0.5) is 0 Å². The number of hydrogen-bond acceptors (Lipinski definition) is 3. The molecular weight excluding hydrogens is 400 g/mol. The smallest absolute Gasteiger partial charge is 0.303 e. The van der Waals surface area contributed by atoms with Crippen molar-refractivity contribution in [2.24, 2.45) is 0 Å². The van der Waals surface area contributed by atoms with Gasteiger partial charge in [0.05, 0.1) is 12.2 Å². The zero-order valence-corrected chi connectivity index (χ0v) is 21.4. The minimum Gasteiger partial charge on any atom is -0.481 e. The van der Waals surface area contributed by atoms with Crippen molar-refractivity contribution in [3.63, 3.8) is 0 Å². The van der Waals surface area contributed by atoms with Crippen LogP contribution in [0.15, 0.2) is 0 Å². The summed E-state index contributed by atoms with van der Waals surface area (Å²) < 4.78 is 0. The first-order valence-electron chi connectivity index (χ1n) is 14.1. The Morgan fingerprint density at radius 1 is 0.500 bits per heavy atom. The molecule has 0 saturated heterocycles. The highest BCUT2D eigenvalue weighted by Gasteiger charge is 2.09. The summed E-state index contributed by atoms with van der Waals surface area (Å²) in [4.78, 5) is 10.4. The Morgan fingerprint density at radius 3 is 1.16 bits per heavy atom. The normalized spacial score (nSPS) is 13.3. The third-order valence-electron chi connectivity index (χ3n) is 6.65. The van der Waals surface area contributed by atoms with Crippen molar-refractivity contribution in [2.75, 3.05) is 0 Å². The lowest BCUT2D eigenvalue weighted by molar-refractivity contribution is -0.137. The molecule has 2 atom stereocenters. The van der Waals surface area contributed by atoms with Crippen LogP contribution in [0.5, 0.6) is 0 Å². The predicted octanol–water partition coefficient (Wildman–Crippen LogP) is 8.18. The van der Waals surface area contributed by atoms with Crippen molar-refractivity contribution in [3.8, 4) is 0 Å². The maximum atomic E-state index is 10.4. The van der Waals surface area contributed by atoms with E-state index >= 15 is 0 Å². The summed E-state index contributed by atoms with van der Waals surface area (Å²) >= 11 is 0. The lowest BCUT2D eigenvalue weighted by atomic mass is 9.99. The summed E-state index contributed by atoms with van der Waals surface area (Å²) in [6, 6.07) is 0. The number of carboxylic acids is 1. The first-order chi connectivity index (χ1) is 15.6. The minimum absolute atomic E-state index is 0.238. The van der Waals surface area contributed by atoms with E-state index in [0.717, 1.165) is 57.8 Å². The lowest BCUT2D eigenvalue weighted by Crippen LogP contribution is -2.13. The summed E-state index contributed by atoms with van der Waals surface area (Å²) in [7, 11) is 0. The van der Waals surface area contributed by atoms with Crippen molar-refractivity contribution in [1.82, 2.24) is 0 Å². The first-order valence-corrected chi connectivity index (χ1v) is 14.1. The fourth-order valence-electron chi connectivity index (χ4n) is 4.43. The van der Waals surface area contributed by atoms with E-state index in [1.54, 1.807) is 0 Å². The largest absolute Gasteiger partial charge is 0.481 e. The molecule has 3 N–H and O–H groups in total. The molecule has 0 amide bonds. The van der Waals surface area contributed by atoms with Crippen molar-refractivity contribution in [2.45, 2.75) is 173 Å². The average molecular weight is 457 g/mol. The van der Waals surface area contributed by atoms with Crippen LogP contribution < -0.4 is 0 Å². The van der Waals surface area contributed by atoms with E-state index in [1.165, 1.54) is 89.9 Å². The summed E-state index contributed by atoms with van der Waals surface area (Å²) in [5.41, 5.74) is 0. The van der Waals surface area contributed by atoms with Crippen LogP contribution in [0.25, 0.3) is 0 Å². The van der Waals surface area contributed by atoms with E-state index in [1.807, 2.05) is 0 Å². The van der Waals surface area contributed by atoms with Crippen LogP contribution in [-0.4, -0.2) is 33.5 Å². The predicted molar refractivity (Wildman–Crippen MR) is 136 cm³/mol. The number of aliphatic hydroxyl groups is 2. The van der Waals surface area contributed by atoms with Gasteiger partial charge in [-0.15, -0.1) is 0 Å². The van der Waals surface area contributed by atoms with Crippen molar-refractivity contribution >= 4 is 5.97 Å². The van der Waals surface area contributed by atoms with Crippen LogP contribution in [0.1, 0.15) is 161 Å². The van der Waals surface area contributed by atoms with E-state index in [0.29, 0.717) is 6.42 Å². The standard InChI is InChI=1S/C28H56O4/c1-2-3-4-5-6-9-12-15-18-21-26(29)24-25-27(30)22-19-16-13-10-7-8-11-14-17-20-23-28(31)32/h26-27,29-30H,2-25H2,1H3,(H,31,32). The van der Waals surface area contributed by atoms with Gasteiger partial charge in [0.1, 0.15) is 0 Å². The lowest BCUT2D eigenvalue weighted by Gasteiger charge is -2.14. The Morgan fingerprint density at radius 2 is 0.812 bits per heavy atom. The highest BCUT2D eigenvalue weighted by molar-refractivity contribution is 5.66. The molecule has 0 aliphatic heterocycles. The molecule has 4 heteroatoms. The topological polar surface area (TPSA) is 77.8 Å². The van der Waals surface area contributed by atoms with E-state index in [4.69, 9.17) is 5.11 Å². The van der Waals surface area contributed by atoms with Gasteiger partial charge in [0.2, 0.25) is 0 Å². The van der Waals surface area contributed by atoms with Crippen LogP contribution in [0, 0.1) is 0 Å². The first kappa shape index (κ1) is 31.4. The molecule has 4 nitrogen and oxygen atoms in total. The Bertz CT molecular complexity index is 386. The molecule has 0 saturated carbocycles. The number of aliphatic hydroxyl groups excluding tert-OH is 2. The number of unbranched alkanes of at least 4 members (excludes halogenated alkanes) is 17. The zero-order chi connectivity index (χ0) is 23.7. The number of rotatable bonds is 26. The molecule has 0 spiro atoms. The van der Waals surface area contributed by atoms with Crippen molar-refractivity contribution in [3.05, 3.63) is 0 Å². The number of aliphatic carboxylic acids is 1. The zero-order valence-electron chi connectivity index (χ0n) is 21.4. The van der Waals surface area contributed by atoms with E-state index < -0.39 is 5.97 Å². The van der Waals surface area contributed by atoms with Gasteiger partial charge in [-0.25, -0.2) is 0 Å². The SMILES string of the molecule is CCCCCCCCCCCC(O)CCC(O)CCCCCCCCCCCCC(=O)O. The second-order valence-electron chi connectivity index (χ2n) is 9.97. The van der Waals surface area contributed by atoms with Gasteiger partial charge in [-0.3, -0.25) is 4.79 Å². The van der Waals surface area contributed by atoms with Gasteiger partial charge in [-0.05, 0) is 32.1 Å². The summed E-state index contributed by atoms with van der Waals surface area (Å²) in [6.07, 6.45) is 26.4. The molecule has 0 aromatic heterocycles. The van der Waals surface area contributed by atoms with E-state index in [9.17, 15) is 15.0 Å². The quantitative estimate of drug-likeness (QED) is 0.115. The molecule has 0 aromatic carbocycles. The summed E-state index contributed by atoms with van der Waals surface area (Å²) in [6.45, 7) is 2.26. The third kappa shape index (κ3) is 25.6. The fraction of sp³-hybridized carbons (Fsp3) is 0.964. The Labute approximate surface area is 199 Å². The van der Waals surface area contributed by atoms with Gasteiger partial charge in [0, 0.05) is 6.42 Å². The number of carbonyl (C=O) groups is 1. The highest BCUT2D eigenvalue weighted by atomic mass is 16.4. The second kappa shape index (κ2) is 25.0. The van der Waals surface area contributed by atoms with Gasteiger partial charge < -0.3 is 15.3 Å². The minimum atomic E-state index is -0.680. The van der Waals surface area contributed by atoms with Gasteiger partial charge in [0.15, 0.2) is 0 Å². The van der Waals surface area contributed by atoms with Crippen LogP contribution in [0.3, 0.4) is 0 Å². The van der Waals surface area contributed by atoms with Gasteiger partial charge in [-0.2, -0.15) is 0 Å². The maximum Gasteiger partial charge on any atom is 0.303 e.